The molecule has 12 nitrogen and oxygen atoms in total. The monoisotopic (exact) mass is 462 g/mol. The number of hydrogen-bond donors (Lipinski definition) is 1. The van der Waals surface area contributed by atoms with Crippen molar-refractivity contribution in [2.75, 3.05) is 0 Å². The quantitative estimate of drug-likeness (QED) is 0.218. The van der Waals surface area contributed by atoms with Crippen LogP contribution in [0.3, 0.4) is 0 Å². The van der Waals surface area contributed by atoms with E-state index in [2.05, 4.69) is 15.3 Å². The van der Waals surface area contributed by atoms with E-state index in [-0.39, 0.29) is 17.1 Å². The van der Waals surface area contributed by atoms with Crippen molar-refractivity contribution in [3.05, 3.63) is 76.4 Å². The third-order valence-corrected chi connectivity index (χ3v) is 4.48. The lowest BCUT2D eigenvalue weighted by atomic mass is 10.2. The maximum Gasteiger partial charge on any atom is 0.282 e. The number of nitrogens with zero attached hydrogens (tertiary/aromatic N) is 5. The Hall–Kier alpha value is -4.87. The summed E-state index contributed by atoms with van der Waals surface area (Å²) >= 11 is 0. The molecule has 1 aliphatic rings. The Balaban J connectivity index is 1.55. The maximum atomic E-state index is 12.5. The summed E-state index contributed by atoms with van der Waals surface area (Å²) in [5.41, 5.74) is 1.06. The largest absolute Gasteiger partial charge is 0.292 e. The summed E-state index contributed by atoms with van der Waals surface area (Å²) < 4.78 is 0. The molecule has 0 fully saturated rings. The molecule has 1 N–H and O–H groups in total. The number of carbonyl (C=O) groups is 4. The number of benzene rings is 2. The van der Waals surface area contributed by atoms with Crippen LogP contribution in [0.25, 0.3) is 6.08 Å². The Labute approximate surface area is 192 Å². The molecule has 2 aromatic carbocycles. The Morgan fingerprint density at radius 3 is 2.47 bits per heavy atom. The first-order chi connectivity index (χ1) is 16.2. The summed E-state index contributed by atoms with van der Waals surface area (Å²) in [6.07, 6.45) is 1.87. The predicted molar refractivity (Wildman–Crippen MR) is 120 cm³/mol. The SMILES string of the molecule is CC1=NN(C(=O)CC(=O)NC(=O)/C=C\c2ccccc2)C(=O)[C@@H]1N=Nc1ccc([N+](=O)[O-])cc1. The minimum atomic E-state index is -1.18. The van der Waals surface area contributed by atoms with Crippen LogP contribution < -0.4 is 5.32 Å². The summed E-state index contributed by atoms with van der Waals surface area (Å²) in [5, 5.41) is 24.8. The molecule has 1 atom stereocenters. The predicted octanol–water partition coefficient (Wildman–Crippen LogP) is 2.54. The van der Waals surface area contributed by atoms with Gasteiger partial charge in [0.05, 0.1) is 16.3 Å². The van der Waals surface area contributed by atoms with Gasteiger partial charge in [-0.2, -0.15) is 20.3 Å². The maximum absolute atomic E-state index is 12.5. The number of imide groups is 2. The van der Waals surface area contributed by atoms with Crippen LogP contribution in [0.4, 0.5) is 11.4 Å². The van der Waals surface area contributed by atoms with Crippen LogP contribution in [0, 0.1) is 10.1 Å². The Morgan fingerprint density at radius 2 is 1.82 bits per heavy atom. The number of nitro groups is 1. The van der Waals surface area contributed by atoms with E-state index in [1.165, 1.54) is 37.3 Å². The topological polar surface area (TPSA) is 164 Å². The van der Waals surface area contributed by atoms with Gasteiger partial charge in [-0.3, -0.25) is 34.6 Å². The zero-order valence-corrected chi connectivity index (χ0v) is 17.8. The van der Waals surface area contributed by atoms with E-state index in [0.717, 1.165) is 11.6 Å². The highest BCUT2D eigenvalue weighted by atomic mass is 16.6. The summed E-state index contributed by atoms with van der Waals surface area (Å²) in [6.45, 7) is 1.46. The van der Waals surface area contributed by atoms with Gasteiger partial charge in [-0.1, -0.05) is 30.3 Å². The molecule has 172 valence electrons. The fraction of sp³-hybridized carbons (Fsp3) is 0.136. The fourth-order valence-electron chi connectivity index (χ4n) is 2.80. The number of nitrogens with one attached hydrogen (secondary N) is 1. The molecular weight excluding hydrogens is 444 g/mol. The van der Waals surface area contributed by atoms with Gasteiger partial charge in [0.1, 0.15) is 6.42 Å². The van der Waals surface area contributed by atoms with Gasteiger partial charge in [0.15, 0.2) is 6.04 Å². The normalized spacial score (nSPS) is 15.6. The Kier molecular flexibility index (Phi) is 7.44. The van der Waals surface area contributed by atoms with Crippen molar-refractivity contribution < 1.29 is 24.1 Å². The van der Waals surface area contributed by atoms with Crippen molar-refractivity contribution in [2.45, 2.75) is 19.4 Å². The van der Waals surface area contributed by atoms with E-state index < -0.39 is 41.0 Å². The first-order valence-electron chi connectivity index (χ1n) is 9.89. The Bertz CT molecular complexity index is 1220. The van der Waals surface area contributed by atoms with Crippen molar-refractivity contribution in [3.63, 3.8) is 0 Å². The highest BCUT2D eigenvalue weighted by molar-refractivity contribution is 6.18. The number of amides is 4. The van der Waals surface area contributed by atoms with E-state index in [1.807, 2.05) is 11.4 Å². The van der Waals surface area contributed by atoms with Crippen molar-refractivity contribution >= 4 is 46.8 Å². The molecular formula is C22H18N6O6. The molecule has 3 rings (SSSR count). The molecule has 4 amide bonds. The molecule has 0 unspecified atom stereocenters. The van der Waals surface area contributed by atoms with E-state index >= 15 is 0 Å². The van der Waals surface area contributed by atoms with Crippen molar-refractivity contribution in [2.24, 2.45) is 15.3 Å². The third kappa shape index (κ3) is 6.09. The fourth-order valence-corrected chi connectivity index (χ4v) is 2.80. The van der Waals surface area contributed by atoms with E-state index in [0.29, 0.717) is 5.01 Å². The standard InChI is InChI=1S/C22H18N6O6/c1-14-21(25-24-16-8-10-17(11-9-16)28(33)34)22(32)27(26-14)20(31)13-19(30)23-18(29)12-7-15-5-3-2-4-6-15/h2-12,21H,13H2,1H3,(H,23,29,30)/b12-7-,25-24?/t21-/m1/s1. The number of azo groups is 1. The summed E-state index contributed by atoms with van der Waals surface area (Å²) in [7, 11) is 0. The molecule has 0 saturated heterocycles. The van der Waals surface area contributed by atoms with Gasteiger partial charge in [0.2, 0.25) is 5.91 Å². The van der Waals surface area contributed by atoms with Crippen LogP contribution in [0.2, 0.25) is 0 Å². The first kappa shape index (κ1) is 23.8. The highest BCUT2D eigenvalue weighted by Gasteiger charge is 2.38. The van der Waals surface area contributed by atoms with Crippen LogP contribution in [0.15, 0.2) is 76.0 Å². The number of rotatable bonds is 7. The van der Waals surface area contributed by atoms with Crippen LogP contribution in [-0.4, -0.2) is 45.3 Å². The molecule has 0 bridgehead atoms. The van der Waals surface area contributed by atoms with Gasteiger partial charge >= 0.3 is 0 Å². The second-order valence-corrected chi connectivity index (χ2v) is 7.01. The Morgan fingerprint density at radius 1 is 1.15 bits per heavy atom. The van der Waals surface area contributed by atoms with Crippen LogP contribution in [0.1, 0.15) is 18.9 Å². The van der Waals surface area contributed by atoms with Crippen LogP contribution >= 0.6 is 0 Å². The first-order valence-corrected chi connectivity index (χ1v) is 9.89. The average molecular weight is 462 g/mol. The number of nitro benzene ring substituents is 1. The number of carbonyl (C=O) groups excluding carboxylic acids is 4. The van der Waals surface area contributed by atoms with Crippen molar-refractivity contribution in [1.82, 2.24) is 10.3 Å². The van der Waals surface area contributed by atoms with E-state index in [4.69, 9.17) is 0 Å². The number of hydrogen-bond acceptors (Lipinski definition) is 9. The van der Waals surface area contributed by atoms with E-state index in [9.17, 15) is 29.3 Å². The highest BCUT2D eigenvalue weighted by Crippen LogP contribution is 2.20. The van der Waals surface area contributed by atoms with E-state index in [1.54, 1.807) is 24.3 Å². The smallest absolute Gasteiger partial charge is 0.282 e. The number of non-ortho nitro benzene ring substituents is 1. The molecule has 0 aromatic heterocycles. The zero-order chi connectivity index (χ0) is 24.7. The molecule has 12 heteroatoms. The minimum absolute atomic E-state index is 0.127. The molecule has 0 aliphatic carbocycles. The molecule has 0 radical (unpaired) electrons. The summed E-state index contributed by atoms with van der Waals surface area (Å²) in [4.78, 5) is 58.9. The minimum Gasteiger partial charge on any atom is -0.292 e. The molecule has 1 aliphatic heterocycles. The average Bonchev–Trinajstić information content (AvgIpc) is 3.10. The van der Waals surface area contributed by atoms with Gasteiger partial charge in [0.25, 0.3) is 23.4 Å². The van der Waals surface area contributed by atoms with Gasteiger partial charge in [0, 0.05) is 18.2 Å². The lowest BCUT2D eigenvalue weighted by molar-refractivity contribution is -0.384. The van der Waals surface area contributed by atoms with Gasteiger partial charge < -0.3 is 0 Å². The molecule has 0 saturated carbocycles. The molecule has 2 aromatic rings. The summed E-state index contributed by atoms with van der Waals surface area (Å²) in [6, 6.07) is 12.9. The van der Waals surface area contributed by atoms with Gasteiger partial charge in [-0.05, 0) is 30.7 Å². The summed E-state index contributed by atoms with van der Waals surface area (Å²) in [5.74, 6) is -3.36. The van der Waals surface area contributed by atoms with Crippen LogP contribution in [0.5, 0.6) is 0 Å². The third-order valence-electron chi connectivity index (χ3n) is 4.48. The lowest BCUT2D eigenvalue weighted by Crippen LogP contribution is -2.38. The zero-order valence-electron chi connectivity index (χ0n) is 17.8. The van der Waals surface area contributed by atoms with Gasteiger partial charge in [-0.15, -0.1) is 0 Å². The second kappa shape index (κ2) is 10.6. The molecule has 0 spiro atoms. The van der Waals surface area contributed by atoms with Gasteiger partial charge in [-0.25, -0.2) is 0 Å². The van der Waals surface area contributed by atoms with Crippen LogP contribution in [-0.2, 0) is 19.2 Å². The molecule has 1 heterocycles. The number of hydrazone groups is 1. The van der Waals surface area contributed by atoms with Crippen molar-refractivity contribution in [3.8, 4) is 0 Å². The second-order valence-electron chi connectivity index (χ2n) is 7.01. The van der Waals surface area contributed by atoms with Crippen molar-refractivity contribution in [1.29, 1.82) is 0 Å². The lowest BCUT2D eigenvalue weighted by Gasteiger charge is -2.10. The molecule has 34 heavy (non-hydrogen) atoms.